The summed E-state index contributed by atoms with van der Waals surface area (Å²) in [4.78, 5) is 4.21. The zero-order valence-electron chi connectivity index (χ0n) is 7.07. The third-order valence-corrected chi connectivity index (χ3v) is 1.76. The van der Waals surface area contributed by atoms with Gasteiger partial charge < -0.3 is 5.73 Å². The Bertz CT molecular complexity index is 430. The van der Waals surface area contributed by atoms with E-state index in [1.807, 2.05) is 18.2 Å². The van der Waals surface area contributed by atoms with Crippen molar-refractivity contribution in [3.05, 3.63) is 30.1 Å². The molecule has 0 amide bonds. The van der Waals surface area contributed by atoms with Crippen LogP contribution in [0.4, 0.5) is 0 Å². The Kier molecular flexibility index (Phi) is 2.06. The number of hydrogen-bond donors (Lipinski definition) is 2. The number of H-pyrrole nitrogens is 1. The molecular formula is C9H10N4. The van der Waals surface area contributed by atoms with Crippen molar-refractivity contribution in [2.45, 2.75) is 0 Å². The van der Waals surface area contributed by atoms with Gasteiger partial charge in [-0.1, -0.05) is 12.2 Å². The van der Waals surface area contributed by atoms with E-state index in [1.54, 1.807) is 12.4 Å². The summed E-state index contributed by atoms with van der Waals surface area (Å²) in [5.41, 5.74) is 8.19. The second-order valence-corrected chi connectivity index (χ2v) is 2.71. The number of fused-ring (bicyclic) bond motifs is 1. The van der Waals surface area contributed by atoms with Gasteiger partial charge in [0.05, 0.1) is 11.7 Å². The van der Waals surface area contributed by atoms with Gasteiger partial charge in [-0.25, -0.2) is 0 Å². The number of hydrogen-bond acceptors (Lipinski definition) is 3. The van der Waals surface area contributed by atoms with Crippen LogP contribution in [0.15, 0.2) is 24.5 Å². The van der Waals surface area contributed by atoms with Gasteiger partial charge in [0.1, 0.15) is 5.52 Å². The summed E-state index contributed by atoms with van der Waals surface area (Å²) < 4.78 is 0. The highest BCUT2D eigenvalue weighted by molar-refractivity contribution is 5.75. The third kappa shape index (κ3) is 1.57. The molecule has 0 aliphatic carbocycles. The fourth-order valence-corrected chi connectivity index (χ4v) is 1.14. The van der Waals surface area contributed by atoms with Crippen molar-refractivity contribution in [3.63, 3.8) is 0 Å². The summed E-state index contributed by atoms with van der Waals surface area (Å²) >= 11 is 0. The van der Waals surface area contributed by atoms with Crippen molar-refractivity contribution in [3.8, 4) is 0 Å². The highest BCUT2D eigenvalue weighted by Crippen LogP contribution is 2.10. The molecule has 0 fully saturated rings. The number of pyridine rings is 1. The predicted molar refractivity (Wildman–Crippen MR) is 52.0 cm³/mol. The van der Waals surface area contributed by atoms with E-state index in [2.05, 4.69) is 15.2 Å². The first kappa shape index (κ1) is 7.94. The van der Waals surface area contributed by atoms with Gasteiger partial charge in [0.25, 0.3) is 0 Å². The summed E-state index contributed by atoms with van der Waals surface area (Å²) in [6.45, 7) is 0.543. The SMILES string of the molecule is NCC=Cc1cnc2cn[nH]c2c1. The minimum absolute atomic E-state index is 0.543. The van der Waals surface area contributed by atoms with E-state index in [0.717, 1.165) is 16.6 Å². The summed E-state index contributed by atoms with van der Waals surface area (Å²) in [6, 6.07) is 1.99. The number of rotatable bonds is 2. The summed E-state index contributed by atoms with van der Waals surface area (Å²) in [6.07, 6.45) is 7.32. The van der Waals surface area contributed by atoms with Crippen molar-refractivity contribution in [1.82, 2.24) is 15.2 Å². The number of aromatic nitrogens is 3. The predicted octanol–water partition coefficient (Wildman–Crippen LogP) is 0.930. The molecule has 0 radical (unpaired) electrons. The van der Waals surface area contributed by atoms with Gasteiger partial charge in [-0.2, -0.15) is 5.10 Å². The van der Waals surface area contributed by atoms with Crippen molar-refractivity contribution < 1.29 is 0 Å². The zero-order chi connectivity index (χ0) is 9.10. The zero-order valence-corrected chi connectivity index (χ0v) is 7.07. The van der Waals surface area contributed by atoms with Crippen molar-refractivity contribution in [2.24, 2.45) is 5.73 Å². The molecule has 2 heterocycles. The largest absolute Gasteiger partial charge is 0.327 e. The van der Waals surface area contributed by atoms with Crippen molar-refractivity contribution in [1.29, 1.82) is 0 Å². The molecule has 0 unspecified atom stereocenters. The van der Waals surface area contributed by atoms with E-state index in [0.29, 0.717) is 6.54 Å². The van der Waals surface area contributed by atoms with Gasteiger partial charge in [0.15, 0.2) is 0 Å². The second kappa shape index (κ2) is 3.37. The fourth-order valence-electron chi connectivity index (χ4n) is 1.14. The lowest BCUT2D eigenvalue weighted by atomic mass is 10.2. The van der Waals surface area contributed by atoms with Gasteiger partial charge in [-0.3, -0.25) is 10.1 Å². The highest BCUT2D eigenvalue weighted by atomic mass is 15.1. The average molecular weight is 174 g/mol. The van der Waals surface area contributed by atoms with Crippen LogP contribution in [-0.2, 0) is 0 Å². The molecule has 0 aromatic carbocycles. The Labute approximate surface area is 75.5 Å². The molecule has 0 bridgehead atoms. The van der Waals surface area contributed by atoms with E-state index in [9.17, 15) is 0 Å². The Morgan fingerprint density at radius 1 is 1.46 bits per heavy atom. The van der Waals surface area contributed by atoms with Gasteiger partial charge in [-0.05, 0) is 11.6 Å². The van der Waals surface area contributed by atoms with E-state index < -0.39 is 0 Å². The molecule has 0 aliphatic heterocycles. The topological polar surface area (TPSA) is 67.6 Å². The average Bonchev–Trinajstić information content (AvgIpc) is 2.61. The molecule has 4 heteroatoms. The first-order chi connectivity index (χ1) is 6.40. The minimum Gasteiger partial charge on any atom is -0.327 e. The van der Waals surface area contributed by atoms with Crippen LogP contribution in [0.1, 0.15) is 5.56 Å². The molecule has 0 atom stereocenters. The van der Waals surface area contributed by atoms with Gasteiger partial charge >= 0.3 is 0 Å². The maximum Gasteiger partial charge on any atom is 0.108 e. The number of nitrogens with two attached hydrogens (primary N) is 1. The highest BCUT2D eigenvalue weighted by Gasteiger charge is 1.95. The molecule has 4 nitrogen and oxygen atoms in total. The molecular weight excluding hydrogens is 164 g/mol. The maximum absolute atomic E-state index is 5.34. The molecule has 2 rings (SSSR count). The van der Waals surface area contributed by atoms with Crippen LogP contribution < -0.4 is 5.73 Å². The Balaban J connectivity index is 2.42. The van der Waals surface area contributed by atoms with Crippen LogP contribution in [0.25, 0.3) is 17.1 Å². The standard InChI is InChI=1S/C9H10N4/c10-3-1-2-7-4-8-9(11-5-7)6-12-13-8/h1-2,4-6H,3,10H2,(H,12,13). The molecule has 13 heavy (non-hydrogen) atoms. The lowest BCUT2D eigenvalue weighted by Gasteiger charge is -1.91. The molecule has 0 saturated heterocycles. The van der Waals surface area contributed by atoms with Gasteiger partial charge in [0, 0.05) is 12.7 Å². The monoisotopic (exact) mass is 174 g/mol. The maximum atomic E-state index is 5.34. The molecule has 0 saturated carbocycles. The molecule has 0 aliphatic rings. The fraction of sp³-hybridized carbons (Fsp3) is 0.111. The summed E-state index contributed by atoms with van der Waals surface area (Å²) in [5, 5.41) is 6.75. The number of nitrogens with zero attached hydrogens (tertiary/aromatic N) is 2. The molecule has 2 aromatic rings. The second-order valence-electron chi connectivity index (χ2n) is 2.71. The summed E-state index contributed by atoms with van der Waals surface area (Å²) in [5.74, 6) is 0. The molecule has 3 N–H and O–H groups in total. The Morgan fingerprint density at radius 2 is 2.38 bits per heavy atom. The third-order valence-electron chi connectivity index (χ3n) is 1.76. The van der Waals surface area contributed by atoms with Crippen LogP contribution >= 0.6 is 0 Å². The molecule has 66 valence electrons. The van der Waals surface area contributed by atoms with Crippen LogP contribution in [0, 0.1) is 0 Å². The first-order valence-electron chi connectivity index (χ1n) is 4.06. The van der Waals surface area contributed by atoms with Crippen LogP contribution in [-0.4, -0.2) is 21.7 Å². The van der Waals surface area contributed by atoms with Crippen molar-refractivity contribution in [2.75, 3.05) is 6.54 Å². The number of nitrogens with one attached hydrogen (secondary N) is 1. The Morgan fingerprint density at radius 3 is 3.23 bits per heavy atom. The lowest BCUT2D eigenvalue weighted by molar-refractivity contribution is 1.12. The van der Waals surface area contributed by atoms with Gasteiger partial charge in [0.2, 0.25) is 0 Å². The van der Waals surface area contributed by atoms with Crippen LogP contribution in [0.3, 0.4) is 0 Å². The smallest absolute Gasteiger partial charge is 0.108 e. The van der Waals surface area contributed by atoms with E-state index >= 15 is 0 Å². The van der Waals surface area contributed by atoms with Gasteiger partial charge in [-0.15, -0.1) is 0 Å². The lowest BCUT2D eigenvalue weighted by Crippen LogP contribution is -1.92. The van der Waals surface area contributed by atoms with Crippen molar-refractivity contribution >= 4 is 17.1 Å². The quantitative estimate of drug-likeness (QED) is 0.711. The summed E-state index contributed by atoms with van der Waals surface area (Å²) in [7, 11) is 0. The molecule has 0 spiro atoms. The van der Waals surface area contributed by atoms with E-state index in [-0.39, 0.29) is 0 Å². The van der Waals surface area contributed by atoms with E-state index in [4.69, 9.17) is 5.73 Å². The first-order valence-corrected chi connectivity index (χ1v) is 4.06. The molecule has 2 aromatic heterocycles. The van der Waals surface area contributed by atoms with Crippen LogP contribution in [0.5, 0.6) is 0 Å². The number of aromatic amines is 1. The normalized spacial score (nSPS) is 11.5. The van der Waals surface area contributed by atoms with Crippen LogP contribution in [0.2, 0.25) is 0 Å². The van der Waals surface area contributed by atoms with E-state index in [1.165, 1.54) is 0 Å². The minimum atomic E-state index is 0.543. The Hall–Kier alpha value is -1.68.